The lowest BCUT2D eigenvalue weighted by Gasteiger charge is -2.21. The highest BCUT2D eigenvalue weighted by Crippen LogP contribution is 2.28. The van der Waals surface area contributed by atoms with Gasteiger partial charge in [0.15, 0.2) is 0 Å². The van der Waals surface area contributed by atoms with E-state index in [0.29, 0.717) is 25.8 Å². The third-order valence-corrected chi connectivity index (χ3v) is 4.83. The Balaban J connectivity index is 2.03. The number of aromatic nitrogens is 2. The molecular weight excluding hydrogens is 238 g/mol. The summed E-state index contributed by atoms with van der Waals surface area (Å²) in [5.74, 6) is 1.59. The zero-order chi connectivity index (χ0) is 12.3. The molecule has 2 heterocycles. The number of nitrogens with zero attached hydrogens (tertiary/aromatic N) is 2. The molecule has 1 aromatic heterocycles. The predicted octanol–water partition coefficient (Wildman–Crippen LogP) is 0.270. The monoisotopic (exact) mass is 255 g/mol. The van der Waals surface area contributed by atoms with Gasteiger partial charge in [-0.05, 0) is 30.9 Å². The highest BCUT2D eigenvalue weighted by molar-refractivity contribution is 7.91. The van der Waals surface area contributed by atoms with Crippen molar-refractivity contribution in [2.75, 3.05) is 18.1 Å². The van der Waals surface area contributed by atoms with Gasteiger partial charge in [-0.25, -0.2) is 18.4 Å². The van der Waals surface area contributed by atoms with Crippen molar-refractivity contribution in [1.82, 2.24) is 9.97 Å². The molecule has 1 aliphatic heterocycles. The van der Waals surface area contributed by atoms with E-state index in [4.69, 9.17) is 5.73 Å². The lowest BCUT2D eigenvalue weighted by atomic mass is 9.96. The van der Waals surface area contributed by atoms with Crippen LogP contribution in [0, 0.1) is 0 Å². The first-order valence-electron chi connectivity index (χ1n) is 5.82. The minimum absolute atomic E-state index is 0.280. The quantitative estimate of drug-likeness (QED) is 0.838. The Kier molecular flexibility index (Phi) is 3.73. The Morgan fingerprint density at radius 1 is 1.24 bits per heavy atom. The lowest BCUT2D eigenvalue weighted by Crippen LogP contribution is -2.22. The van der Waals surface area contributed by atoms with Gasteiger partial charge in [-0.2, -0.15) is 0 Å². The largest absolute Gasteiger partial charge is 0.330 e. The van der Waals surface area contributed by atoms with Gasteiger partial charge in [0.1, 0.15) is 15.7 Å². The molecule has 1 aromatic rings. The zero-order valence-corrected chi connectivity index (χ0v) is 10.5. The summed E-state index contributed by atoms with van der Waals surface area (Å²) in [6.45, 7) is 0.543. The van der Waals surface area contributed by atoms with E-state index in [2.05, 4.69) is 9.97 Å². The molecule has 6 heteroatoms. The van der Waals surface area contributed by atoms with E-state index in [1.807, 2.05) is 0 Å². The van der Waals surface area contributed by atoms with Crippen molar-refractivity contribution in [3.05, 3.63) is 23.8 Å². The molecule has 0 aliphatic carbocycles. The standard InChI is InChI=1S/C11H17N3O2S/c12-4-1-11-13-7-10(8-14-11)9-2-5-17(15,16)6-3-9/h7-9H,1-6,12H2. The fourth-order valence-electron chi connectivity index (χ4n) is 2.06. The molecule has 5 nitrogen and oxygen atoms in total. The topological polar surface area (TPSA) is 85.9 Å². The van der Waals surface area contributed by atoms with Crippen LogP contribution >= 0.6 is 0 Å². The van der Waals surface area contributed by atoms with Gasteiger partial charge < -0.3 is 5.73 Å². The molecule has 0 aromatic carbocycles. The van der Waals surface area contributed by atoms with E-state index in [-0.39, 0.29) is 17.4 Å². The van der Waals surface area contributed by atoms with Gasteiger partial charge in [0.25, 0.3) is 0 Å². The second-order valence-corrected chi connectivity index (χ2v) is 6.70. The molecule has 1 saturated heterocycles. The van der Waals surface area contributed by atoms with Gasteiger partial charge >= 0.3 is 0 Å². The van der Waals surface area contributed by atoms with Gasteiger partial charge in [0, 0.05) is 18.8 Å². The first-order chi connectivity index (χ1) is 8.11. The summed E-state index contributed by atoms with van der Waals surface area (Å²) >= 11 is 0. The fraction of sp³-hybridized carbons (Fsp3) is 0.636. The smallest absolute Gasteiger partial charge is 0.150 e. The normalized spacial score (nSPS) is 20.3. The Morgan fingerprint density at radius 2 is 1.82 bits per heavy atom. The van der Waals surface area contributed by atoms with Crippen molar-refractivity contribution >= 4 is 9.84 Å². The average molecular weight is 255 g/mol. The van der Waals surface area contributed by atoms with Gasteiger partial charge in [-0.3, -0.25) is 0 Å². The van der Waals surface area contributed by atoms with Crippen molar-refractivity contribution in [3.8, 4) is 0 Å². The molecule has 0 unspecified atom stereocenters. The average Bonchev–Trinajstić information content (AvgIpc) is 2.31. The van der Waals surface area contributed by atoms with Crippen LogP contribution in [0.3, 0.4) is 0 Å². The molecule has 0 amide bonds. The van der Waals surface area contributed by atoms with E-state index in [0.717, 1.165) is 11.4 Å². The van der Waals surface area contributed by atoms with E-state index >= 15 is 0 Å². The van der Waals surface area contributed by atoms with Crippen LogP contribution in [0.1, 0.15) is 30.1 Å². The van der Waals surface area contributed by atoms with Gasteiger partial charge in [-0.15, -0.1) is 0 Å². The Bertz CT molecular complexity index is 456. The van der Waals surface area contributed by atoms with Crippen LogP contribution in [-0.4, -0.2) is 36.4 Å². The zero-order valence-electron chi connectivity index (χ0n) is 9.67. The minimum Gasteiger partial charge on any atom is -0.330 e. The maximum absolute atomic E-state index is 11.3. The summed E-state index contributed by atoms with van der Waals surface area (Å²) in [4.78, 5) is 8.48. The Hall–Kier alpha value is -1.01. The molecule has 0 radical (unpaired) electrons. The van der Waals surface area contributed by atoms with Crippen LogP contribution in [0.2, 0.25) is 0 Å². The number of hydrogen-bond acceptors (Lipinski definition) is 5. The van der Waals surface area contributed by atoms with Crippen LogP contribution in [0.15, 0.2) is 12.4 Å². The van der Waals surface area contributed by atoms with E-state index < -0.39 is 9.84 Å². The molecule has 17 heavy (non-hydrogen) atoms. The maximum atomic E-state index is 11.3. The molecule has 2 N–H and O–H groups in total. The summed E-state index contributed by atoms with van der Waals surface area (Å²) in [6.07, 6.45) is 5.66. The summed E-state index contributed by atoms with van der Waals surface area (Å²) in [7, 11) is -2.80. The molecule has 0 spiro atoms. The highest BCUT2D eigenvalue weighted by atomic mass is 32.2. The van der Waals surface area contributed by atoms with Crippen molar-refractivity contribution < 1.29 is 8.42 Å². The first kappa shape index (κ1) is 12.4. The molecular formula is C11H17N3O2S. The number of hydrogen-bond donors (Lipinski definition) is 1. The third-order valence-electron chi connectivity index (χ3n) is 3.12. The fourth-order valence-corrected chi connectivity index (χ4v) is 3.55. The molecule has 0 bridgehead atoms. The predicted molar refractivity (Wildman–Crippen MR) is 65.4 cm³/mol. The molecule has 0 saturated carbocycles. The van der Waals surface area contributed by atoms with Crippen LogP contribution in [0.4, 0.5) is 0 Å². The van der Waals surface area contributed by atoms with Crippen LogP contribution < -0.4 is 5.73 Å². The van der Waals surface area contributed by atoms with E-state index in [1.165, 1.54) is 0 Å². The van der Waals surface area contributed by atoms with Crippen LogP contribution in [0.5, 0.6) is 0 Å². The van der Waals surface area contributed by atoms with E-state index in [1.54, 1.807) is 12.4 Å². The first-order valence-corrected chi connectivity index (χ1v) is 7.64. The molecule has 1 fully saturated rings. The van der Waals surface area contributed by atoms with Crippen molar-refractivity contribution in [1.29, 1.82) is 0 Å². The Morgan fingerprint density at radius 3 is 2.35 bits per heavy atom. The number of rotatable bonds is 3. The molecule has 2 rings (SSSR count). The third kappa shape index (κ3) is 3.23. The summed E-state index contributed by atoms with van der Waals surface area (Å²) < 4.78 is 22.6. The van der Waals surface area contributed by atoms with E-state index in [9.17, 15) is 8.42 Å². The lowest BCUT2D eigenvalue weighted by molar-refractivity contribution is 0.548. The van der Waals surface area contributed by atoms with Gasteiger partial charge in [-0.1, -0.05) is 0 Å². The Labute approximate surface area is 101 Å². The van der Waals surface area contributed by atoms with Crippen molar-refractivity contribution in [3.63, 3.8) is 0 Å². The SMILES string of the molecule is NCCc1ncc(C2CCS(=O)(=O)CC2)cn1. The summed E-state index contributed by atoms with van der Waals surface area (Å²) in [5.41, 5.74) is 6.47. The number of sulfone groups is 1. The second-order valence-electron chi connectivity index (χ2n) is 4.40. The summed E-state index contributed by atoms with van der Waals surface area (Å²) in [6, 6.07) is 0. The van der Waals surface area contributed by atoms with Crippen molar-refractivity contribution in [2.24, 2.45) is 5.73 Å². The van der Waals surface area contributed by atoms with Gasteiger partial charge in [0.05, 0.1) is 11.5 Å². The van der Waals surface area contributed by atoms with Crippen LogP contribution in [0.25, 0.3) is 0 Å². The second kappa shape index (κ2) is 5.10. The minimum atomic E-state index is -2.80. The van der Waals surface area contributed by atoms with Crippen molar-refractivity contribution in [2.45, 2.75) is 25.2 Å². The molecule has 0 atom stereocenters. The van der Waals surface area contributed by atoms with Gasteiger partial charge in [0.2, 0.25) is 0 Å². The summed E-state index contributed by atoms with van der Waals surface area (Å²) in [5, 5.41) is 0. The maximum Gasteiger partial charge on any atom is 0.150 e. The number of nitrogens with two attached hydrogens (primary N) is 1. The molecule has 94 valence electrons. The molecule has 1 aliphatic rings. The van der Waals surface area contributed by atoms with Crippen LogP contribution in [-0.2, 0) is 16.3 Å². The highest BCUT2D eigenvalue weighted by Gasteiger charge is 2.24.